The second-order valence-electron chi connectivity index (χ2n) is 6.40. The first-order valence-corrected chi connectivity index (χ1v) is 9.38. The Morgan fingerprint density at radius 3 is 2.73 bits per heavy atom. The molecule has 0 saturated carbocycles. The van der Waals surface area contributed by atoms with Gasteiger partial charge >= 0.3 is 0 Å². The number of halogens is 2. The maximum absolute atomic E-state index is 13.8. The number of piperazine rings is 1. The van der Waals surface area contributed by atoms with E-state index in [0.29, 0.717) is 17.1 Å². The summed E-state index contributed by atoms with van der Waals surface area (Å²) in [7, 11) is 0. The highest BCUT2D eigenvalue weighted by atomic mass is 35.5. The van der Waals surface area contributed by atoms with Gasteiger partial charge in [0.05, 0.1) is 0 Å². The second kappa shape index (κ2) is 9.88. The van der Waals surface area contributed by atoms with Crippen LogP contribution in [0.4, 0.5) is 4.39 Å². The van der Waals surface area contributed by atoms with Crippen molar-refractivity contribution in [2.24, 2.45) is 0 Å². The minimum Gasteiger partial charge on any atom is -0.488 e. The summed E-state index contributed by atoms with van der Waals surface area (Å²) < 4.78 is 19.6. The lowest BCUT2D eigenvalue weighted by atomic mass is 10.2. The minimum atomic E-state index is -0.253. The van der Waals surface area contributed by atoms with Gasteiger partial charge in [-0.2, -0.15) is 0 Å². The molecule has 1 aliphatic rings. The average Bonchev–Trinajstić information content (AvgIpc) is 2.66. The zero-order chi connectivity index (χ0) is 18.2. The Labute approximate surface area is 159 Å². The maximum Gasteiger partial charge on any atom is 0.129 e. The van der Waals surface area contributed by atoms with Crippen molar-refractivity contribution in [3.05, 3.63) is 64.4 Å². The van der Waals surface area contributed by atoms with Crippen LogP contribution >= 0.6 is 11.6 Å². The summed E-state index contributed by atoms with van der Waals surface area (Å²) in [6, 6.07) is 12.2. The lowest BCUT2D eigenvalue weighted by Crippen LogP contribution is -2.45. The summed E-state index contributed by atoms with van der Waals surface area (Å²) in [5, 5.41) is 7.48. The van der Waals surface area contributed by atoms with Crippen molar-refractivity contribution in [1.29, 1.82) is 0 Å². The van der Waals surface area contributed by atoms with E-state index in [9.17, 15) is 4.39 Å². The molecule has 0 aromatic heterocycles. The number of ether oxygens (including phenoxy) is 1. The van der Waals surface area contributed by atoms with Gasteiger partial charge in [-0.15, -0.1) is 0 Å². The molecule has 2 aromatic rings. The first-order valence-electron chi connectivity index (χ1n) is 9.01. The van der Waals surface area contributed by atoms with E-state index in [0.717, 1.165) is 50.6 Å². The second-order valence-corrected chi connectivity index (χ2v) is 6.84. The Morgan fingerprint density at radius 1 is 1.12 bits per heavy atom. The first-order chi connectivity index (χ1) is 12.7. The molecule has 1 fully saturated rings. The lowest BCUT2D eigenvalue weighted by molar-refractivity contribution is 0.240. The summed E-state index contributed by atoms with van der Waals surface area (Å²) in [4.78, 5) is 2.44. The molecule has 2 N–H and O–H groups in total. The van der Waals surface area contributed by atoms with Gasteiger partial charge in [0, 0.05) is 62.0 Å². The lowest BCUT2D eigenvalue weighted by Gasteiger charge is -2.27. The molecule has 6 heteroatoms. The van der Waals surface area contributed by atoms with E-state index >= 15 is 0 Å². The Hall–Kier alpha value is -1.66. The third kappa shape index (κ3) is 5.68. The molecule has 2 aromatic carbocycles. The molecule has 0 aliphatic carbocycles. The molecule has 1 aliphatic heterocycles. The van der Waals surface area contributed by atoms with E-state index in [2.05, 4.69) is 15.5 Å². The van der Waals surface area contributed by atoms with Gasteiger partial charge in [0.25, 0.3) is 0 Å². The van der Waals surface area contributed by atoms with Crippen molar-refractivity contribution in [3.8, 4) is 5.75 Å². The molecule has 1 heterocycles. The molecular formula is C20H25ClFN3O. The number of hydrogen-bond donors (Lipinski definition) is 2. The van der Waals surface area contributed by atoms with Crippen LogP contribution in [-0.2, 0) is 13.2 Å². The molecule has 3 rings (SSSR count). The van der Waals surface area contributed by atoms with E-state index in [4.69, 9.17) is 16.3 Å². The maximum atomic E-state index is 13.8. The zero-order valence-corrected chi connectivity index (χ0v) is 15.6. The SMILES string of the molecule is Fc1ccccc1COc1ccc(Cl)cc1CNCCN1CCNCC1. The number of hydrogen-bond acceptors (Lipinski definition) is 4. The van der Waals surface area contributed by atoms with Crippen molar-refractivity contribution in [2.75, 3.05) is 39.3 Å². The van der Waals surface area contributed by atoms with Crippen LogP contribution in [-0.4, -0.2) is 44.2 Å². The Bertz CT molecular complexity index is 707. The highest BCUT2D eigenvalue weighted by Gasteiger charge is 2.10. The summed E-state index contributed by atoms with van der Waals surface area (Å²) >= 11 is 6.14. The van der Waals surface area contributed by atoms with E-state index < -0.39 is 0 Å². The molecule has 1 saturated heterocycles. The van der Waals surface area contributed by atoms with Crippen LogP contribution in [0.3, 0.4) is 0 Å². The van der Waals surface area contributed by atoms with Gasteiger partial charge in [-0.1, -0.05) is 29.8 Å². The highest BCUT2D eigenvalue weighted by Crippen LogP contribution is 2.24. The van der Waals surface area contributed by atoms with Gasteiger partial charge in [-0.25, -0.2) is 4.39 Å². The van der Waals surface area contributed by atoms with E-state index in [1.54, 1.807) is 18.2 Å². The predicted molar refractivity (Wildman–Crippen MR) is 103 cm³/mol. The fourth-order valence-corrected chi connectivity index (χ4v) is 3.19. The topological polar surface area (TPSA) is 36.5 Å². The van der Waals surface area contributed by atoms with Crippen LogP contribution in [0.1, 0.15) is 11.1 Å². The van der Waals surface area contributed by atoms with Crippen molar-refractivity contribution in [3.63, 3.8) is 0 Å². The summed E-state index contributed by atoms with van der Waals surface area (Å²) in [5.74, 6) is 0.476. The van der Waals surface area contributed by atoms with E-state index in [1.165, 1.54) is 6.07 Å². The van der Waals surface area contributed by atoms with E-state index in [1.807, 2.05) is 18.2 Å². The van der Waals surface area contributed by atoms with Gasteiger partial charge in [0.2, 0.25) is 0 Å². The van der Waals surface area contributed by atoms with Gasteiger partial charge in [-0.3, -0.25) is 4.90 Å². The minimum absolute atomic E-state index is 0.197. The molecule has 0 radical (unpaired) electrons. The zero-order valence-electron chi connectivity index (χ0n) is 14.8. The molecular weight excluding hydrogens is 353 g/mol. The number of nitrogens with zero attached hydrogens (tertiary/aromatic N) is 1. The van der Waals surface area contributed by atoms with E-state index in [-0.39, 0.29) is 12.4 Å². The summed E-state index contributed by atoms with van der Waals surface area (Å²) in [6.07, 6.45) is 0. The van der Waals surface area contributed by atoms with Gasteiger partial charge in [-0.05, 0) is 24.3 Å². The largest absolute Gasteiger partial charge is 0.488 e. The van der Waals surface area contributed by atoms with Crippen LogP contribution in [0, 0.1) is 5.82 Å². The summed E-state index contributed by atoms with van der Waals surface area (Å²) in [5.41, 5.74) is 1.52. The van der Waals surface area contributed by atoms with Crippen LogP contribution in [0.15, 0.2) is 42.5 Å². The molecule has 0 bridgehead atoms. The molecule has 0 unspecified atom stereocenters. The number of benzene rings is 2. The van der Waals surface area contributed by atoms with Crippen molar-refractivity contribution in [1.82, 2.24) is 15.5 Å². The quantitative estimate of drug-likeness (QED) is 0.693. The van der Waals surface area contributed by atoms with Gasteiger partial charge < -0.3 is 15.4 Å². The Balaban J connectivity index is 1.52. The molecule has 26 heavy (non-hydrogen) atoms. The van der Waals surface area contributed by atoms with Gasteiger partial charge in [0.1, 0.15) is 18.2 Å². The normalized spacial score (nSPS) is 15.2. The average molecular weight is 378 g/mol. The highest BCUT2D eigenvalue weighted by molar-refractivity contribution is 6.30. The van der Waals surface area contributed by atoms with Crippen LogP contribution in [0.25, 0.3) is 0 Å². The fraction of sp³-hybridized carbons (Fsp3) is 0.400. The fourth-order valence-electron chi connectivity index (χ4n) is 2.99. The molecule has 0 amide bonds. The van der Waals surface area contributed by atoms with Crippen LogP contribution in [0.2, 0.25) is 5.02 Å². The van der Waals surface area contributed by atoms with Crippen molar-refractivity contribution in [2.45, 2.75) is 13.2 Å². The molecule has 4 nitrogen and oxygen atoms in total. The van der Waals surface area contributed by atoms with Crippen molar-refractivity contribution < 1.29 is 9.13 Å². The number of rotatable bonds is 8. The van der Waals surface area contributed by atoms with Crippen molar-refractivity contribution >= 4 is 11.6 Å². The van der Waals surface area contributed by atoms with Crippen LogP contribution in [0.5, 0.6) is 5.75 Å². The third-order valence-electron chi connectivity index (χ3n) is 4.49. The van der Waals surface area contributed by atoms with Crippen LogP contribution < -0.4 is 15.4 Å². The predicted octanol–water partition coefficient (Wildman–Crippen LogP) is 3.05. The number of nitrogens with one attached hydrogen (secondary N) is 2. The third-order valence-corrected chi connectivity index (χ3v) is 4.73. The molecule has 140 valence electrons. The Morgan fingerprint density at radius 2 is 1.92 bits per heavy atom. The smallest absolute Gasteiger partial charge is 0.129 e. The summed E-state index contributed by atoms with van der Waals surface area (Å²) in [6.45, 7) is 7.09. The Kier molecular flexibility index (Phi) is 7.26. The first kappa shape index (κ1) is 19.1. The monoisotopic (exact) mass is 377 g/mol. The molecule has 0 atom stereocenters. The van der Waals surface area contributed by atoms with Gasteiger partial charge in [0.15, 0.2) is 0 Å². The standard InChI is InChI=1S/C20H25ClFN3O/c21-18-5-6-20(26-15-16-3-1-2-4-19(16)22)17(13-18)14-24-9-12-25-10-7-23-8-11-25/h1-6,13,23-24H,7-12,14-15H2. The molecule has 0 spiro atoms.